The van der Waals surface area contributed by atoms with E-state index in [1.807, 2.05) is 0 Å². The Labute approximate surface area is 131 Å². The molecule has 2 heterocycles. The van der Waals surface area contributed by atoms with Crippen LogP contribution in [-0.4, -0.2) is 23.6 Å². The van der Waals surface area contributed by atoms with Crippen LogP contribution >= 0.6 is 0 Å². The molecule has 2 aliphatic carbocycles. The van der Waals surface area contributed by atoms with Gasteiger partial charge in [-0.15, -0.1) is 0 Å². The van der Waals surface area contributed by atoms with Crippen molar-refractivity contribution < 1.29 is 19.1 Å². The van der Waals surface area contributed by atoms with Crippen LogP contribution in [0.3, 0.4) is 0 Å². The van der Waals surface area contributed by atoms with Crippen LogP contribution in [0.15, 0.2) is 0 Å². The molecule has 4 aliphatic rings. The lowest BCUT2D eigenvalue weighted by molar-refractivity contribution is -0.246. The summed E-state index contributed by atoms with van der Waals surface area (Å²) in [5, 5.41) is 0. The SMILES string of the molecule is CC1CC2OC(=O)C3(C)CCCC(C)(C23)C12CCCC(=O)O2. The Morgan fingerprint density at radius 1 is 1.09 bits per heavy atom. The largest absolute Gasteiger partial charge is 0.462 e. The Morgan fingerprint density at radius 2 is 1.86 bits per heavy atom. The third-order valence-electron chi connectivity index (χ3n) is 7.44. The third-order valence-corrected chi connectivity index (χ3v) is 7.44. The van der Waals surface area contributed by atoms with Crippen LogP contribution in [0.4, 0.5) is 0 Å². The highest BCUT2D eigenvalue weighted by molar-refractivity contribution is 5.80. The van der Waals surface area contributed by atoms with E-state index in [1.165, 1.54) is 0 Å². The molecule has 4 fully saturated rings. The first kappa shape index (κ1) is 14.5. The van der Waals surface area contributed by atoms with E-state index >= 15 is 0 Å². The van der Waals surface area contributed by atoms with E-state index in [4.69, 9.17) is 9.47 Å². The zero-order valence-corrected chi connectivity index (χ0v) is 13.8. The van der Waals surface area contributed by atoms with Gasteiger partial charge < -0.3 is 9.47 Å². The molecule has 6 atom stereocenters. The normalized spacial score (nSPS) is 53.9. The summed E-state index contributed by atoms with van der Waals surface area (Å²) in [6.45, 7) is 6.52. The highest BCUT2D eigenvalue weighted by atomic mass is 16.6. The molecule has 0 amide bonds. The van der Waals surface area contributed by atoms with Gasteiger partial charge in [-0.2, -0.15) is 0 Å². The van der Waals surface area contributed by atoms with E-state index in [0.717, 1.165) is 38.5 Å². The maximum Gasteiger partial charge on any atom is 0.312 e. The Bertz CT molecular complexity index is 543. The second kappa shape index (κ2) is 4.27. The smallest absolute Gasteiger partial charge is 0.312 e. The molecule has 1 spiro atoms. The first-order chi connectivity index (χ1) is 10.3. The summed E-state index contributed by atoms with van der Waals surface area (Å²) in [5.41, 5.74) is -0.946. The summed E-state index contributed by atoms with van der Waals surface area (Å²) < 4.78 is 11.9. The molecule has 2 aliphatic heterocycles. The zero-order chi connectivity index (χ0) is 15.8. The molecule has 0 bridgehead atoms. The van der Waals surface area contributed by atoms with Gasteiger partial charge in [-0.1, -0.05) is 20.3 Å². The van der Waals surface area contributed by atoms with E-state index in [0.29, 0.717) is 6.42 Å². The molecule has 0 N–H and O–H groups in total. The summed E-state index contributed by atoms with van der Waals surface area (Å²) in [4.78, 5) is 24.6. The van der Waals surface area contributed by atoms with E-state index in [9.17, 15) is 9.59 Å². The van der Waals surface area contributed by atoms with E-state index in [2.05, 4.69) is 20.8 Å². The first-order valence-electron chi connectivity index (χ1n) is 8.76. The monoisotopic (exact) mass is 306 g/mol. The molecule has 0 aromatic heterocycles. The molecule has 0 radical (unpaired) electrons. The number of hydrogen-bond donors (Lipinski definition) is 0. The van der Waals surface area contributed by atoms with Gasteiger partial charge in [0.2, 0.25) is 0 Å². The Hall–Kier alpha value is -1.06. The molecule has 4 nitrogen and oxygen atoms in total. The molecule has 22 heavy (non-hydrogen) atoms. The first-order valence-corrected chi connectivity index (χ1v) is 8.76. The molecule has 0 aromatic rings. The molecule has 6 unspecified atom stereocenters. The maximum atomic E-state index is 12.5. The van der Waals surface area contributed by atoms with Crippen molar-refractivity contribution >= 4 is 11.9 Å². The molecule has 4 rings (SSSR count). The minimum absolute atomic E-state index is 0.00375. The zero-order valence-electron chi connectivity index (χ0n) is 13.8. The predicted molar refractivity (Wildman–Crippen MR) is 79.9 cm³/mol. The summed E-state index contributed by atoms with van der Waals surface area (Å²) in [6, 6.07) is 0. The third kappa shape index (κ3) is 1.49. The van der Waals surface area contributed by atoms with E-state index in [1.54, 1.807) is 0 Å². The average molecular weight is 306 g/mol. The summed E-state index contributed by atoms with van der Waals surface area (Å²) >= 11 is 0. The number of rotatable bonds is 0. The minimum atomic E-state index is -0.404. The van der Waals surface area contributed by atoms with Gasteiger partial charge in [0.25, 0.3) is 0 Å². The Balaban J connectivity index is 1.85. The van der Waals surface area contributed by atoms with Crippen LogP contribution in [0.2, 0.25) is 0 Å². The van der Waals surface area contributed by atoms with Gasteiger partial charge >= 0.3 is 11.9 Å². The van der Waals surface area contributed by atoms with Crippen molar-refractivity contribution in [2.45, 2.75) is 77.4 Å². The van der Waals surface area contributed by atoms with Gasteiger partial charge in [0.15, 0.2) is 0 Å². The van der Waals surface area contributed by atoms with Crippen molar-refractivity contribution in [1.29, 1.82) is 0 Å². The van der Waals surface area contributed by atoms with Crippen molar-refractivity contribution in [2.24, 2.45) is 22.7 Å². The highest BCUT2D eigenvalue weighted by Gasteiger charge is 2.73. The summed E-state index contributed by atoms with van der Waals surface area (Å²) in [7, 11) is 0. The van der Waals surface area contributed by atoms with Crippen LogP contribution in [-0.2, 0) is 19.1 Å². The van der Waals surface area contributed by atoms with Gasteiger partial charge in [-0.25, -0.2) is 0 Å². The number of fused-ring (bicyclic) bond motifs is 1. The lowest BCUT2D eigenvalue weighted by Gasteiger charge is -2.63. The topological polar surface area (TPSA) is 52.6 Å². The quantitative estimate of drug-likeness (QED) is 0.645. The van der Waals surface area contributed by atoms with Gasteiger partial charge in [-0.3, -0.25) is 9.59 Å². The fourth-order valence-corrected chi connectivity index (χ4v) is 6.54. The predicted octanol–water partition coefficient (Wildman–Crippen LogP) is 3.23. The fourth-order valence-electron chi connectivity index (χ4n) is 6.54. The summed E-state index contributed by atoms with van der Waals surface area (Å²) in [6.07, 6.45) is 6.14. The van der Waals surface area contributed by atoms with Crippen molar-refractivity contribution in [3.8, 4) is 0 Å². The van der Waals surface area contributed by atoms with Gasteiger partial charge in [-0.05, 0) is 39.0 Å². The minimum Gasteiger partial charge on any atom is -0.462 e. The molecular formula is C18H26O4. The maximum absolute atomic E-state index is 12.5. The van der Waals surface area contributed by atoms with Gasteiger partial charge in [0, 0.05) is 23.7 Å². The number of carbonyl (C=O) groups is 2. The number of hydrogen-bond acceptors (Lipinski definition) is 4. The Morgan fingerprint density at radius 3 is 2.59 bits per heavy atom. The van der Waals surface area contributed by atoms with Crippen molar-refractivity contribution in [3.05, 3.63) is 0 Å². The van der Waals surface area contributed by atoms with E-state index in [-0.39, 0.29) is 35.3 Å². The lowest BCUT2D eigenvalue weighted by atomic mass is 9.43. The van der Waals surface area contributed by atoms with Crippen molar-refractivity contribution in [1.82, 2.24) is 0 Å². The molecular weight excluding hydrogens is 280 g/mol. The van der Waals surface area contributed by atoms with Gasteiger partial charge in [0.05, 0.1) is 5.41 Å². The molecule has 2 saturated heterocycles. The highest BCUT2D eigenvalue weighted by Crippen LogP contribution is 2.68. The van der Waals surface area contributed by atoms with Crippen LogP contribution in [0, 0.1) is 22.7 Å². The van der Waals surface area contributed by atoms with Crippen LogP contribution in [0.25, 0.3) is 0 Å². The van der Waals surface area contributed by atoms with Crippen molar-refractivity contribution in [3.63, 3.8) is 0 Å². The van der Waals surface area contributed by atoms with Crippen LogP contribution < -0.4 is 0 Å². The number of carbonyl (C=O) groups excluding carboxylic acids is 2. The number of ether oxygens (including phenoxy) is 2. The van der Waals surface area contributed by atoms with Gasteiger partial charge in [0.1, 0.15) is 11.7 Å². The summed E-state index contributed by atoms with van der Waals surface area (Å²) in [5.74, 6) is 0.342. The van der Waals surface area contributed by atoms with Crippen LogP contribution in [0.5, 0.6) is 0 Å². The Kier molecular flexibility index (Phi) is 2.82. The van der Waals surface area contributed by atoms with E-state index < -0.39 is 11.0 Å². The van der Waals surface area contributed by atoms with Crippen molar-refractivity contribution in [2.75, 3.05) is 0 Å². The standard InChI is InChI=1S/C18H26O4/c1-11-10-12-14-16(2,15(20)21-12)7-5-8-17(14,3)18(11)9-4-6-13(19)22-18/h11-12,14H,4-10H2,1-3H3. The lowest BCUT2D eigenvalue weighted by Crippen LogP contribution is -2.67. The average Bonchev–Trinajstić information content (AvgIpc) is 2.70. The molecule has 2 saturated carbocycles. The fraction of sp³-hybridized carbons (Fsp3) is 0.889. The molecule has 122 valence electrons. The molecule has 4 heteroatoms. The second-order valence-corrected chi connectivity index (χ2v) is 8.46. The second-order valence-electron chi connectivity index (χ2n) is 8.46. The number of esters is 2. The van der Waals surface area contributed by atoms with Crippen LogP contribution in [0.1, 0.15) is 65.7 Å². The molecule has 0 aromatic carbocycles.